The molecule has 0 bridgehead atoms. The fraction of sp³-hybridized carbons (Fsp3) is 0.500. The second kappa shape index (κ2) is 4.76. The lowest BCUT2D eigenvalue weighted by atomic mass is 9.80. The SMILES string of the molecule is NC1(Cc2nc3cc(F)cc(Cl)c3o2)CCCCC1. The van der Waals surface area contributed by atoms with Crippen LogP contribution in [0.1, 0.15) is 38.0 Å². The van der Waals surface area contributed by atoms with Gasteiger partial charge in [0, 0.05) is 18.0 Å². The van der Waals surface area contributed by atoms with Crippen LogP contribution >= 0.6 is 11.6 Å². The zero-order valence-electron chi connectivity index (χ0n) is 10.6. The van der Waals surface area contributed by atoms with E-state index >= 15 is 0 Å². The van der Waals surface area contributed by atoms with Crippen molar-refractivity contribution in [2.24, 2.45) is 5.73 Å². The molecule has 0 radical (unpaired) electrons. The van der Waals surface area contributed by atoms with Crippen LogP contribution in [-0.2, 0) is 6.42 Å². The number of hydrogen-bond donors (Lipinski definition) is 1. The highest BCUT2D eigenvalue weighted by atomic mass is 35.5. The van der Waals surface area contributed by atoms with Gasteiger partial charge in [-0.2, -0.15) is 0 Å². The molecule has 2 aromatic rings. The summed E-state index contributed by atoms with van der Waals surface area (Å²) in [6.45, 7) is 0. The first-order valence-corrected chi connectivity index (χ1v) is 6.97. The lowest BCUT2D eigenvalue weighted by Crippen LogP contribution is -2.43. The molecule has 0 amide bonds. The van der Waals surface area contributed by atoms with Gasteiger partial charge in [0.15, 0.2) is 11.5 Å². The lowest BCUT2D eigenvalue weighted by Gasteiger charge is -2.32. The van der Waals surface area contributed by atoms with Crippen molar-refractivity contribution in [1.29, 1.82) is 0 Å². The van der Waals surface area contributed by atoms with Crippen molar-refractivity contribution in [1.82, 2.24) is 4.98 Å². The summed E-state index contributed by atoms with van der Waals surface area (Å²) >= 11 is 5.95. The monoisotopic (exact) mass is 282 g/mol. The molecule has 2 N–H and O–H groups in total. The molecule has 0 saturated heterocycles. The van der Waals surface area contributed by atoms with E-state index in [1.165, 1.54) is 18.6 Å². The molecule has 1 fully saturated rings. The molecule has 0 atom stereocenters. The molecule has 1 saturated carbocycles. The number of nitrogens with zero attached hydrogens (tertiary/aromatic N) is 1. The van der Waals surface area contributed by atoms with Crippen molar-refractivity contribution < 1.29 is 8.81 Å². The number of fused-ring (bicyclic) bond motifs is 1. The van der Waals surface area contributed by atoms with Gasteiger partial charge >= 0.3 is 0 Å². The molecular formula is C14H16ClFN2O. The molecule has 0 aliphatic heterocycles. The second-order valence-electron chi connectivity index (χ2n) is 5.44. The van der Waals surface area contributed by atoms with Crippen LogP contribution in [0.2, 0.25) is 5.02 Å². The van der Waals surface area contributed by atoms with E-state index in [1.54, 1.807) is 0 Å². The number of halogens is 2. The van der Waals surface area contributed by atoms with E-state index in [0.29, 0.717) is 23.4 Å². The third-order valence-corrected chi connectivity index (χ3v) is 4.09. The van der Waals surface area contributed by atoms with Gasteiger partial charge in [0.1, 0.15) is 11.3 Å². The van der Waals surface area contributed by atoms with Gasteiger partial charge in [-0.1, -0.05) is 30.9 Å². The summed E-state index contributed by atoms with van der Waals surface area (Å²) in [5, 5.41) is 0.253. The normalized spacial score (nSPS) is 18.9. The van der Waals surface area contributed by atoms with E-state index in [0.717, 1.165) is 25.7 Å². The van der Waals surface area contributed by atoms with E-state index in [4.69, 9.17) is 21.8 Å². The molecule has 1 aromatic carbocycles. The first kappa shape index (κ1) is 12.9. The van der Waals surface area contributed by atoms with E-state index in [2.05, 4.69) is 4.98 Å². The minimum atomic E-state index is -0.405. The Hall–Kier alpha value is -1.13. The Balaban J connectivity index is 1.91. The largest absolute Gasteiger partial charge is 0.439 e. The summed E-state index contributed by atoms with van der Waals surface area (Å²) in [6.07, 6.45) is 6.07. The fourth-order valence-corrected chi connectivity index (χ4v) is 3.05. The highest BCUT2D eigenvalue weighted by Gasteiger charge is 2.29. The van der Waals surface area contributed by atoms with Crippen LogP contribution in [0.25, 0.3) is 11.1 Å². The van der Waals surface area contributed by atoms with Crippen LogP contribution in [0.15, 0.2) is 16.5 Å². The zero-order valence-corrected chi connectivity index (χ0v) is 11.3. The maximum absolute atomic E-state index is 13.2. The summed E-state index contributed by atoms with van der Waals surface area (Å²) in [5.41, 5.74) is 7.03. The molecule has 5 heteroatoms. The molecule has 1 aliphatic rings. The predicted molar refractivity (Wildman–Crippen MR) is 72.7 cm³/mol. The third kappa shape index (κ3) is 2.60. The summed E-state index contributed by atoms with van der Waals surface area (Å²) < 4.78 is 18.9. The Bertz CT molecular complexity index is 605. The first-order valence-electron chi connectivity index (χ1n) is 6.59. The van der Waals surface area contributed by atoms with Gasteiger partial charge in [0.25, 0.3) is 0 Å². The second-order valence-corrected chi connectivity index (χ2v) is 5.85. The van der Waals surface area contributed by atoms with Gasteiger partial charge in [0.2, 0.25) is 0 Å². The van der Waals surface area contributed by atoms with Crippen LogP contribution in [0.5, 0.6) is 0 Å². The Morgan fingerprint density at radius 3 is 2.79 bits per heavy atom. The molecular weight excluding hydrogens is 267 g/mol. The van der Waals surface area contributed by atoms with E-state index in [-0.39, 0.29) is 10.6 Å². The van der Waals surface area contributed by atoms with Crippen molar-refractivity contribution in [3.05, 3.63) is 28.9 Å². The predicted octanol–water partition coefficient (Wildman–Crippen LogP) is 3.82. The number of oxazole rings is 1. The average molecular weight is 283 g/mol. The summed E-state index contributed by atoms with van der Waals surface area (Å²) in [5.74, 6) is 0.143. The van der Waals surface area contributed by atoms with Crippen molar-refractivity contribution >= 4 is 22.7 Å². The number of nitrogens with two attached hydrogens (primary N) is 1. The van der Waals surface area contributed by atoms with Crippen molar-refractivity contribution in [2.45, 2.75) is 44.1 Å². The lowest BCUT2D eigenvalue weighted by molar-refractivity contribution is 0.276. The maximum atomic E-state index is 13.2. The van der Waals surface area contributed by atoms with Crippen molar-refractivity contribution in [3.63, 3.8) is 0 Å². The van der Waals surface area contributed by atoms with Gasteiger partial charge in [-0.05, 0) is 18.9 Å². The average Bonchev–Trinajstić information content (AvgIpc) is 2.71. The Morgan fingerprint density at radius 1 is 1.32 bits per heavy atom. The quantitative estimate of drug-likeness (QED) is 0.911. The molecule has 0 spiro atoms. The summed E-state index contributed by atoms with van der Waals surface area (Å²) in [6, 6.07) is 2.57. The van der Waals surface area contributed by atoms with Crippen LogP contribution < -0.4 is 5.73 Å². The summed E-state index contributed by atoms with van der Waals surface area (Å²) in [7, 11) is 0. The van der Waals surface area contributed by atoms with Crippen molar-refractivity contribution in [3.8, 4) is 0 Å². The van der Waals surface area contributed by atoms with E-state index < -0.39 is 5.82 Å². The van der Waals surface area contributed by atoms with Gasteiger partial charge < -0.3 is 10.2 Å². The van der Waals surface area contributed by atoms with Crippen LogP contribution in [-0.4, -0.2) is 10.5 Å². The Labute approximate surface area is 115 Å². The molecule has 3 nitrogen and oxygen atoms in total. The first-order chi connectivity index (χ1) is 9.06. The van der Waals surface area contributed by atoms with E-state index in [1.807, 2.05) is 0 Å². The van der Waals surface area contributed by atoms with E-state index in [9.17, 15) is 4.39 Å². The third-order valence-electron chi connectivity index (χ3n) is 3.81. The van der Waals surface area contributed by atoms with Crippen molar-refractivity contribution in [2.75, 3.05) is 0 Å². The number of hydrogen-bond acceptors (Lipinski definition) is 3. The fourth-order valence-electron chi connectivity index (χ4n) is 2.82. The maximum Gasteiger partial charge on any atom is 0.197 e. The molecule has 1 aromatic heterocycles. The van der Waals surface area contributed by atoms with Crippen LogP contribution in [0, 0.1) is 5.82 Å². The summed E-state index contributed by atoms with van der Waals surface area (Å²) in [4.78, 5) is 4.30. The van der Waals surface area contributed by atoms with Gasteiger partial charge in [-0.15, -0.1) is 0 Å². The molecule has 0 unspecified atom stereocenters. The van der Waals surface area contributed by atoms with Crippen LogP contribution in [0.4, 0.5) is 4.39 Å². The number of benzene rings is 1. The molecule has 1 heterocycles. The minimum absolute atomic E-state index is 0.246. The molecule has 19 heavy (non-hydrogen) atoms. The minimum Gasteiger partial charge on any atom is -0.439 e. The highest BCUT2D eigenvalue weighted by molar-refractivity contribution is 6.34. The Kier molecular flexibility index (Phi) is 3.23. The van der Waals surface area contributed by atoms with Crippen LogP contribution in [0.3, 0.4) is 0 Å². The molecule has 102 valence electrons. The molecule has 3 rings (SSSR count). The topological polar surface area (TPSA) is 52.0 Å². The van der Waals surface area contributed by atoms with Gasteiger partial charge in [-0.3, -0.25) is 0 Å². The smallest absolute Gasteiger partial charge is 0.197 e. The number of aromatic nitrogens is 1. The van der Waals surface area contributed by atoms with Gasteiger partial charge in [-0.25, -0.2) is 9.37 Å². The molecule has 1 aliphatic carbocycles. The number of rotatable bonds is 2. The zero-order chi connectivity index (χ0) is 13.5. The Morgan fingerprint density at radius 2 is 2.05 bits per heavy atom. The van der Waals surface area contributed by atoms with Gasteiger partial charge in [0.05, 0.1) is 5.02 Å². The highest BCUT2D eigenvalue weighted by Crippen LogP contribution is 2.31. The standard InChI is InChI=1S/C14H16ClFN2O/c15-10-6-9(16)7-11-13(10)19-12(18-11)8-14(17)4-2-1-3-5-14/h6-7H,1-5,8,17H2.